The standard InChI is InChI=1S/C14H12BrNO3/c1-9-12(14(17)18)6-7-13(16-9)19-8-10-2-4-11(15)5-3-10/h2-7H,8H2,1H3,(H,17,18). The maximum atomic E-state index is 10.9. The van der Waals surface area contributed by atoms with Crippen LogP contribution in [0.1, 0.15) is 21.6 Å². The molecule has 19 heavy (non-hydrogen) atoms. The molecule has 0 aliphatic rings. The predicted molar refractivity (Wildman–Crippen MR) is 74.4 cm³/mol. The van der Waals surface area contributed by atoms with E-state index in [4.69, 9.17) is 9.84 Å². The highest BCUT2D eigenvalue weighted by Crippen LogP contribution is 2.15. The van der Waals surface area contributed by atoms with Gasteiger partial charge < -0.3 is 9.84 Å². The van der Waals surface area contributed by atoms with Crippen LogP contribution in [-0.4, -0.2) is 16.1 Å². The van der Waals surface area contributed by atoms with E-state index in [0.29, 0.717) is 18.2 Å². The van der Waals surface area contributed by atoms with Crippen LogP contribution in [0.25, 0.3) is 0 Å². The molecule has 0 unspecified atom stereocenters. The van der Waals surface area contributed by atoms with Crippen molar-refractivity contribution < 1.29 is 14.6 Å². The van der Waals surface area contributed by atoms with Gasteiger partial charge in [-0.3, -0.25) is 0 Å². The first-order valence-electron chi connectivity index (χ1n) is 5.64. The molecule has 0 aliphatic carbocycles. The molecule has 0 spiro atoms. The molecular weight excluding hydrogens is 310 g/mol. The van der Waals surface area contributed by atoms with E-state index in [1.54, 1.807) is 13.0 Å². The zero-order valence-corrected chi connectivity index (χ0v) is 11.8. The molecule has 0 radical (unpaired) electrons. The minimum Gasteiger partial charge on any atom is -0.478 e. The third-order valence-corrected chi connectivity index (χ3v) is 3.12. The number of carbonyl (C=O) groups is 1. The lowest BCUT2D eigenvalue weighted by Gasteiger charge is -2.07. The van der Waals surface area contributed by atoms with Crippen LogP contribution in [0.4, 0.5) is 0 Å². The fraction of sp³-hybridized carbons (Fsp3) is 0.143. The van der Waals surface area contributed by atoms with Crippen LogP contribution >= 0.6 is 15.9 Å². The molecule has 5 heteroatoms. The third-order valence-electron chi connectivity index (χ3n) is 2.59. The summed E-state index contributed by atoms with van der Waals surface area (Å²) < 4.78 is 6.54. The van der Waals surface area contributed by atoms with Crippen molar-refractivity contribution in [2.75, 3.05) is 0 Å². The normalized spacial score (nSPS) is 10.2. The Balaban J connectivity index is 2.06. The lowest BCUT2D eigenvalue weighted by molar-refractivity contribution is 0.0695. The van der Waals surface area contributed by atoms with Gasteiger partial charge in [-0.15, -0.1) is 0 Å². The van der Waals surface area contributed by atoms with Crippen molar-refractivity contribution in [2.45, 2.75) is 13.5 Å². The number of benzene rings is 1. The molecule has 98 valence electrons. The minimum atomic E-state index is -0.982. The summed E-state index contributed by atoms with van der Waals surface area (Å²) in [6.07, 6.45) is 0. The Kier molecular flexibility index (Phi) is 4.16. The number of pyridine rings is 1. The van der Waals surface area contributed by atoms with Gasteiger partial charge in [0.15, 0.2) is 0 Å². The van der Waals surface area contributed by atoms with Gasteiger partial charge in [-0.05, 0) is 30.7 Å². The molecular formula is C14H12BrNO3. The first-order chi connectivity index (χ1) is 9.06. The Morgan fingerprint density at radius 1 is 1.26 bits per heavy atom. The quantitative estimate of drug-likeness (QED) is 0.937. The number of hydrogen-bond donors (Lipinski definition) is 1. The Morgan fingerprint density at radius 3 is 2.53 bits per heavy atom. The number of aromatic carboxylic acids is 1. The van der Waals surface area contributed by atoms with E-state index in [0.717, 1.165) is 10.0 Å². The van der Waals surface area contributed by atoms with Gasteiger partial charge in [0, 0.05) is 10.5 Å². The maximum Gasteiger partial charge on any atom is 0.337 e. The van der Waals surface area contributed by atoms with Gasteiger partial charge in [-0.2, -0.15) is 0 Å². The number of carboxylic acids is 1. The molecule has 0 amide bonds. The van der Waals surface area contributed by atoms with Crippen LogP contribution in [0.5, 0.6) is 5.88 Å². The largest absolute Gasteiger partial charge is 0.478 e. The summed E-state index contributed by atoms with van der Waals surface area (Å²) in [4.78, 5) is 15.0. The summed E-state index contributed by atoms with van der Waals surface area (Å²) in [7, 11) is 0. The Labute approximate surface area is 119 Å². The van der Waals surface area contributed by atoms with Crippen LogP contribution in [0.2, 0.25) is 0 Å². The summed E-state index contributed by atoms with van der Waals surface area (Å²) in [5.74, 6) is -0.560. The zero-order chi connectivity index (χ0) is 13.8. The van der Waals surface area contributed by atoms with Gasteiger partial charge >= 0.3 is 5.97 Å². The number of ether oxygens (including phenoxy) is 1. The van der Waals surface area contributed by atoms with Crippen molar-refractivity contribution in [3.05, 3.63) is 57.7 Å². The van der Waals surface area contributed by atoms with Gasteiger partial charge in [0.2, 0.25) is 5.88 Å². The molecule has 0 aliphatic heterocycles. The fourth-order valence-electron chi connectivity index (χ4n) is 1.58. The first kappa shape index (κ1) is 13.5. The van der Waals surface area contributed by atoms with E-state index >= 15 is 0 Å². The molecule has 0 saturated carbocycles. The number of nitrogens with zero attached hydrogens (tertiary/aromatic N) is 1. The minimum absolute atomic E-state index is 0.191. The molecule has 1 heterocycles. The highest BCUT2D eigenvalue weighted by atomic mass is 79.9. The van der Waals surface area contributed by atoms with Gasteiger partial charge in [-0.1, -0.05) is 28.1 Å². The van der Waals surface area contributed by atoms with E-state index in [-0.39, 0.29) is 5.56 Å². The summed E-state index contributed by atoms with van der Waals surface area (Å²) in [6, 6.07) is 10.8. The average Bonchev–Trinajstić information content (AvgIpc) is 2.37. The Bertz CT molecular complexity index is 596. The van der Waals surface area contributed by atoms with Crippen molar-refractivity contribution in [3.8, 4) is 5.88 Å². The zero-order valence-electron chi connectivity index (χ0n) is 10.3. The van der Waals surface area contributed by atoms with Crippen LogP contribution < -0.4 is 4.74 Å². The van der Waals surface area contributed by atoms with Gasteiger partial charge in [0.1, 0.15) is 6.61 Å². The molecule has 4 nitrogen and oxygen atoms in total. The average molecular weight is 322 g/mol. The number of halogens is 1. The highest BCUT2D eigenvalue weighted by Gasteiger charge is 2.09. The van der Waals surface area contributed by atoms with Gasteiger partial charge in [0.05, 0.1) is 11.3 Å². The Morgan fingerprint density at radius 2 is 1.95 bits per heavy atom. The number of carboxylic acid groups (broad SMARTS) is 1. The lowest BCUT2D eigenvalue weighted by Crippen LogP contribution is -2.04. The van der Waals surface area contributed by atoms with Crippen LogP contribution in [0, 0.1) is 6.92 Å². The summed E-state index contributed by atoms with van der Waals surface area (Å²) in [5.41, 5.74) is 1.65. The van der Waals surface area contributed by atoms with E-state index in [1.165, 1.54) is 6.07 Å². The Hall–Kier alpha value is -1.88. The van der Waals surface area contributed by atoms with Crippen molar-refractivity contribution in [1.82, 2.24) is 4.98 Å². The fourth-order valence-corrected chi connectivity index (χ4v) is 1.85. The van der Waals surface area contributed by atoms with Crippen molar-refractivity contribution in [3.63, 3.8) is 0 Å². The SMILES string of the molecule is Cc1nc(OCc2ccc(Br)cc2)ccc1C(=O)O. The second-order valence-corrected chi connectivity index (χ2v) is 4.92. The van der Waals surface area contributed by atoms with E-state index < -0.39 is 5.97 Å². The van der Waals surface area contributed by atoms with E-state index in [2.05, 4.69) is 20.9 Å². The molecule has 0 atom stereocenters. The van der Waals surface area contributed by atoms with Crippen molar-refractivity contribution in [1.29, 1.82) is 0 Å². The summed E-state index contributed by atoms with van der Waals surface area (Å²) in [5, 5.41) is 8.91. The molecule has 2 rings (SSSR count). The topological polar surface area (TPSA) is 59.4 Å². The second-order valence-electron chi connectivity index (χ2n) is 4.00. The number of hydrogen-bond acceptors (Lipinski definition) is 3. The molecule has 0 fully saturated rings. The number of aromatic nitrogens is 1. The van der Waals surface area contributed by atoms with Crippen LogP contribution in [0.15, 0.2) is 40.9 Å². The van der Waals surface area contributed by atoms with E-state index in [9.17, 15) is 4.79 Å². The molecule has 1 aromatic carbocycles. The molecule has 0 saturated heterocycles. The van der Waals surface area contributed by atoms with E-state index in [1.807, 2.05) is 24.3 Å². The van der Waals surface area contributed by atoms with Crippen LogP contribution in [-0.2, 0) is 6.61 Å². The predicted octanol–water partition coefficient (Wildman–Crippen LogP) is 3.43. The van der Waals surface area contributed by atoms with Crippen molar-refractivity contribution in [2.24, 2.45) is 0 Å². The highest BCUT2D eigenvalue weighted by molar-refractivity contribution is 9.10. The molecule has 0 bridgehead atoms. The first-order valence-corrected chi connectivity index (χ1v) is 6.44. The van der Waals surface area contributed by atoms with Crippen LogP contribution in [0.3, 0.4) is 0 Å². The molecule has 2 aromatic rings. The number of aryl methyl sites for hydroxylation is 1. The smallest absolute Gasteiger partial charge is 0.337 e. The second kappa shape index (κ2) is 5.84. The lowest BCUT2D eigenvalue weighted by atomic mass is 10.2. The summed E-state index contributed by atoms with van der Waals surface area (Å²) >= 11 is 3.36. The van der Waals surface area contributed by atoms with Gasteiger partial charge in [0.25, 0.3) is 0 Å². The monoisotopic (exact) mass is 321 g/mol. The number of rotatable bonds is 4. The summed E-state index contributed by atoms with van der Waals surface area (Å²) in [6.45, 7) is 2.04. The maximum absolute atomic E-state index is 10.9. The third kappa shape index (κ3) is 3.54. The molecule has 1 aromatic heterocycles. The van der Waals surface area contributed by atoms with Gasteiger partial charge in [-0.25, -0.2) is 9.78 Å². The van der Waals surface area contributed by atoms with Crippen molar-refractivity contribution >= 4 is 21.9 Å². The molecule has 1 N–H and O–H groups in total.